The summed E-state index contributed by atoms with van der Waals surface area (Å²) in [4.78, 5) is 9.32. The van der Waals surface area contributed by atoms with Gasteiger partial charge in [-0.15, -0.1) is 0 Å². The second kappa shape index (κ2) is 10.1. The van der Waals surface area contributed by atoms with Crippen LogP contribution in [0.15, 0.2) is 0 Å². The van der Waals surface area contributed by atoms with Gasteiger partial charge in [0, 0.05) is 0 Å². The molecule has 0 amide bonds. The van der Waals surface area contributed by atoms with Crippen molar-refractivity contribution in [3.63, 3.8) is 0 Å². The monoisotopic (exact) mass is 266 g/mol. The van der Waals surface area contributed by atoms with Crippen molar-refractivity contribution in [1.82, 2.24) is 0 Å². The molecule has 0 aromatic carbocycles. The lowest BCUT2D eigenvalue weighted by molar-refractivity contribution is 0.135. The third-order valence-electron chi connectivity index (χ3n) is 2.32. The van der Waals surface area contributed by atoms with Gasteiger partial charge in [-0.2, -0.15) is 0 Å². The highest BCUT2D eigenvalue weighted by molar-refractivity contribution is 7.47. The van der Waals surface area contributed by atoms with Gasteiger partial charge < -0.3 is 4.89 Å². The molecule has 0 saturated heterocycles. The quantitative estimate of drug-likeness (QED) is 0.451. The molecule has 0 aliphatic carbocycles. The number of hydrogen-bond acceptors (Lipinski definition) is 3. The summed E-state index contributed by atoms with van der Waals surface area (Å²) in [5, 5.41) is 0. The Morgan fingerprint density at radius 1 is 1.06 bits per heavy atom. The van der Waals surface area contributed by atoms with Gasteiger partial charge in [-0.1, -0.05) is 52.9 Å². The molecule has 0 fully saturated rings. The normalized spacial score (nSPS) is 15.1. The van der Waals surface area contributed by atoms with Gasteiger partial charge in [0.1, 0.15) is 0 Å². The van der Waals surface area contributed by atoms with Gasteiger partial charge in [-0.25, -0.2) is 4.57 Å². The molecule has 17 heavy (non-hydrogen) atoms. The van der Waals surface area contributed by atoms with Crippen LogP contribution in [0.4, 0.5) is 0 Å². The molecule has 0 aromatic rings. The molecule has 0 aliphatic heterocycles. The Labute approximate surface area is 105 Å². The molecule has 4 nitrogen and oxygen atoms in total. The van der Waals surface area contributed by atoms with Gasteiger partial charge >= 0.3 is 7.82 Å². The maximum absolute atomic E-state index is 11.4. The summed E-state index contributed by atoms with van der Waals surface area (Å²) in [6, 6.07) is 0. The third kappa shape index (κ3) is 12.4. The molecule has 0 bridgehead atoms. The number of phosphoric ester groups is 1. The summed E-state index contributed by atoms with van der Waals surface area (Å²) in [5.74, 6) is 0.230. The Bertz CT molecular complexity index is 219. The Morgan fingerprint density at radius 2 is 1.65 bits per heavy atom. The fourth-order valence-electron chi connectivity index (χ4n) is 1.34. The topological polar surface area (TPSA) is 55.8 Å². The van der Waals surface area contributed by atoms with E-state index >= 15 is 0 Å². The highest BCUT2D eigenvalue weighted by Gasteiger charge is 2.20. The first-order valence-corrected chi connectivity index (χ1v) is 8.09. The van der Waals surface area contributed by atoms with E-state index in [-0.39, 0.29) is 12.5 Å². The average Bonchev–Trinajstić information content (AvgIpc) is 2.25. The van der Waals surface area contributed by atoms with Crippen LogP contribution in [0, 0.1) is 5.92 Å². The van der Waals surface area contributed by atoms with Gasteiger partial charge in [-0.05, 0) is 12.3 Å². The van der Waals surface area contributed by atoms with Crippen LogP contribution in [0.2, 0.25) is 0 Å². The zero-order valence-corrected chi connectivity index (χ0v) is 12.2. The Morgan fingerprint density at radius 3 is 2.24 bits per heavy atom. The van der Waals surface area contributed by atoms with Gasteiger partial charge in [0.15, 0.2) is 0 Å². The van der Waals surface area contributed by atoms with Crippen molar-refractivity contribution in [2.75, 3.05) is 13.2 Å². The van der Waals surface area contributed by atoms with Crippen molar-refractivity contribution in [2.24, 2.45) is 5.92 Å². The minimum atomic E-state index is -3.81. The van der Waals surface area contributed by atoms with Crippen LogP contribution in [0.5, 0.6) is 0 Å². The summed E-state index contributed by atoms with van der Waals surface area (Å²) in [6.45, 7) is 6.58. The van der Waals surface area contributed by atoms with Crippen LogP contribution < -0.4 is 0 Å². The number of unbranched alkanes of at least 4 members (excludes halogenated alkanes) is 5. The molecule has 0 heterocycles. The highest BCUT2D eigenvalue weighted by Crippen LogP contribution is 2.43. The maximum Gasteiger partial charge on any atom is 0.472 e. The molecule has 1 atom stereocenters. The minimum absolute atomic E-state index is 0.230. The first-order chi connectivity index (χ1) is 7.98. The van der Waals surface area contributed by atoms with Gasteiger partial charge in [-0.3, -0.25) is 9.05 Å². The van der Waals surface area contributed by atoms with E-state index in [1.54, 1.807) is 0 Å². The van der Waals surface area contributed by atoms with Crippen LogP contribution in [0.1, 0.15) is 59.3 Å². The maximum atomic E-state index is 11.4. The number of rotatable bonds is 11. The molecule has 0 radical (unpaired) electrons. The lowest BCUT2D eigenvalue weighted by Crippen LogP contribution is -2.03. The smallest absolute Gasteiger partial charge is 0.302 e. The Kier molecular flexibility index (Phi) is 10.1. The minimum Gasteiger partial charge on any atom is -0.302 e. The number of phosphoric acid groups is 1. The van der Waals surface area contributed by atoms with Crippen molar-refractivity contribution in [2.45, 2.75) is 59.3 Å². The molecule has 0 saturated carbocycles. The van der Waals surface area contributed by atoms with Crippen LogP contribution >= 0.6 is 7.82 Å². The zero-order valence-electron chi connectivity index (χ0n) is 11.4. The number of hydrogen-bond donors (Lipinski definition) is 1. The van der Waals surface area contributed by atoms with Gasteiger partial charge in [0.25, 0.3) is 0 Å². The molecule has 0 aliphatic rings. The SMILES string of the molecule is CCCCCCCCOP(=O)(O)OCC(C)C. The first-order valence-electron chi connectivity index (χ1n) is 6.60. The van der Waals surface area contributed by atoms with Crippen molar-refractivity contribution >= 4 is 7.82 Å². The van der Waals surface area contributed by atoms with E-state index in [0.717, 1.165) is 12.8 Å². The second-order valence-electron chi connectivity index (χ2n) is 4.76. The zero-order chi connectivity index (χ0) is 13.1. The van der Waals surface area contributed by atoms with E-state index in [4.69, 9.17) is 9.05 Å². The predicted molar refractivity (Wildman–Crippen MR) is 69.9 cm³/mol. The van der Waals surface area contributed by atoms with Gasteiger partial charge in [0.2, 0.25) is 0 Å². The molecule has 0 rings (SSSR count). The second-order valence-corrected chi connectivity index (χ2v) is 6.21. The molecule has 0 spiro atoms. The van der Waals surface area contributed by atoms with E-state index in [9.17, 15) is 9.46 Å². The van der Waals surface area contributed by atoms with E-state index in [0.29, 0.717) is 6.61 Å². The van der Waals surface area contributed by atoms with E-state index in [1.165, 1.54) is 25.7 Å². The van der Waals surface area contributed by atoms with Crippen molar-refractivity contribution in [1.29, 1.82) is 0 Å². The fraction of sp³-hybridized carbons (Fsp3) is 1.00. The predicted octanol–water partition coefficient (Wildman–Crippen LogP) is 4.14. The van der Waals surface area contributed by atoms with E-state index < -0.39 is 7.82 Å². The van der Waals surface area contributed by atoms with Crippen LogP contribution in [0.3, 0.4) is 0 Å². The first kappa shape index (κ1) is 17.1. The van der Waals surface area contributed by atoms with Crippen molar-refractivity contribution < 1.29 is 18.5 Å². The van der Waals surface area contributed by atoms with Gasteiger partial charge in [0.05, 0.1) is 13.2 Å². The van der Waals surface area contributed by atoms with E-state index in [2.05, 4.69) is 6.92 Å². The third-order valence-corrected chi connectivity index (χ3v) is 3.31. The summed E-state index contributed by atoms with van der Waals surface area (Å²) in [5.41, 5.74) is 0. The summed E-state index contributed by atoms with van der Waals surface area (Å²) in [6.07, 6.45) is 6.75. The molecular formula is C12H27O4P. The molecule has 5 heteroatoms. The van der Waals surface area contributed by atoms with E-state index in [1.807, 2.05) is 13.8 Å². The lowest BCUT2D eigenvalue weighted by Gasteiger charge is -2.13. The van der Waals surface area contributed by atoms with Crippen LogP contribution in [-0.4, -0.2) is 18.1 Å². The summed E-state index contributed by atoms with van der Waals surface area (Å²) in [7, 11) is -3.81. The van der Waals surface area contributed by atoms with Crippen molar-refractivity contribution in [3.8, 4) is 0 Å². The largest absolute Gasteiger partial charge is 0.472 e. The molecule has 0 aromatic heterocycles. The molecule has 1 N–H and O–H groups in total. The average molecular weight is 266 g/mol. The summed E-state index contributed by atoms with van der Waals surface area (Å²) < 4.78 is 21.1. The highest BCUT2D eigenvalue weighted by atomic mass is 31.2. The molecular weight excluding hydrogens is 239 g/mol. The fourth-order valence-corrected chi connectivity index (χ4v) is 2.26. The van der Waals surface area contributed by atoms with Crippen LogP contribution in [0.25, 0.3) is 0 Å². The Balaban J connectivity index is 3.42. The molecule has 104 valence electrons. The van der Waals surface area contributed by atoms with Crippen molar-refractivity contribution in [3.05, 3.63) is 0 Å². The summed E-state index contributed by atoms with van der Waals surface area (Å²) >= 11 is 0. The lowest BCUT2D eigenvalue weighted by atomic mass is 10.1. The van der Waals surface area contributed by atoms with Crippen LogP contribution in [-0.2, 0) is 13.6 Å². The Hall–Kier alpha value is 0.110. The molecule has 1 unspecified atom stereocenters. The standard InChI is InChI=1S/C12H27O4P/c1-4-5-6-7-8-9-10-15-17(13,14)16-11-12(2)3/h12H,4-11H2,1-3H3,(H,13,14).